The zero-order chi connectivity index (χ0) is 6.41. The van der Waals surface area contributed by atoms with Gasteiger partial charge in [-0.25, -0.2) is 0 Å². The summed E-state index contributed by atoms with van der Waals surface area (Å²) in [7, 11) is 0. The molecular weight excluding hydrogens is 100 g/mol. The third-order valence-corrected chi connectivity index (χ3v) is 1.15. The number of unbranched alkanes of at least 4 members (excludes halogenated alkanes) is 1. The molecule has 0 saturated heterocycles. The fraction of sp³-hybridized carbons (Fsp3) is 0.857. The minimum Gasteiger partial charge on any atom is -0.393 e. The zero-order valence-corrected chi connectivity index (χ0v) is 5.72. The molecule has 1 N–H and O–H groups in total. The van der Waals surface area contributed by atoms with Crippen molar-refractivity contribution < 1.29 is 5.11 Å². The van der Waals surface area contributed by atoms with Crippen LogP contribution in [0.1, 0.15) is 33.1 Å². The lowest BCUT2D eigenvalue weighted by molar-refractivity contribution is 0.198. The van der Waals surface area contributed by atoms with Gasteiger partial charge in [-0.3, -0.25) is 0 Å². The maximum absolute atomic E-state index is 8.93. The molecule has 0 saturated carbocycles. The van der Waals surface area contributed by atoms with E-state index >= 15 is 0 Å². The molecule has 0 aliphatic heterocycles. The van der Waals surface area contributed by atoms with Gasteiger partial charge >= 0.3 is 0 Å². The Hall–Kier alpha value is -0.0400. The Morgan fingerprint density at radius 2 is 2.12 bits per heavy atom. The van der Waals surface area contributed by atoms with Crippen LogP contribution < -0.4 is 0 Å². The first-order chi connectivity index (χ1) is 3.81. The first kappa shape index (κ1) is 7.96. The molecule has 0 fully saturated rings. The normalized spacial score (nSPS) is 13.9. The summed E-state index contributed by atoms with van der Waals surface area (Å²) in [5, 5.41) is 8.93. The van der Waals surface area contributed by atoms with Gasteiger partial charge in [-0.05, 0) is 19.3 Å². The number of rotatable bonds is 4. The van der Waals surface area contributed by atoms with E-state index in [2.05, 4.69) is 6.92 Å². The summed E-state index contributed by atoms with van der Waals surface area (Å²) in [4.78, 5) is 0. The number of hydrogen-bond donors (Lipinski definition) is 1. The SMILES string of the molecule is CCC[CH]C(O)CC. The van der Waals surface area contributed by atoms with E-state index in [1.807, 2.05) is 13.3 Å². The zero-order valence-electron chi connectivity index (χ0n) is 5.72. The van der Waals surface area contributed by atoms with Crippen LogP contribution in [0.2, 0.25) is 0 Å². The van der Waals surface area contributed by atoms with Crippen LogP contribution >= 0.6 is 0 Å². The molecular formula is C7H15O. The topological polar surface area (TPSA) is 20.2 Å². The quantitative estimate of drug-likeness (QED) is 0.592. The minimum atomic E-state index is -0.171. The Morgan fingerprint density at radius 1 is 1.50 bits per heavy atom. The molecule has 0 aromatic carbocycles. The van der Waals surface area contributed by atoms with Gasteiger partial charge in [0.2, 0.25) is 0 Å². The standard InChI is InChI=1S/C7H15O/c1-3-5-6-7(8)4-2/h6-8H,3-5H2,1-2H3. The van der Waals surface area contributed by atoms with E-state index in [-0.39, 0.29) is 6.10 Å². The average Bonchev–Trinajstić information content (AvgIpc) is 1.83. The van der Waals surface area contributed by atoms with Crippen molar-refractivity contribution in [2.24, 2.45) is 0 Å². The predicted octanol–water partition coefficient (Wildman–Crippen LogP) is 1.76. The summed E-state index contributed by atoms with van der Waals surface area (Å²) in [6.07, 6.45) is 4.81. The van der Waals surface area contributed by atoms with Gasteiger partial charge in [-0.1, -0.05) is 20.3 Å². The largest absolute Gasteiger partial charge is 0.393 e. The molecule has 0 amide bonds. The van der Waals surface area contributed by atoms with Crippen LogP contribution in [0.5, 0.6) is 0 Å². The molecule has 0 aliphatic carbocycles. The van der Waals surface area contributed by atoms with Crippen molar-refractivity contribution in [2.45, 2.75) is 39.2 Å². The lowest BCUT2D eigenvalue weighted by Crippen LogP contribution is -2.03. The van der Waals surface area contributed by atoms with Gasteiger partial charge in [-0.15, -0.1) is 0 Å². The Labute approximate surface area is 51.7 Å². The predicted molar refractivity (Wildman–Crippen MR) is 35.5 cm³/mol. The smallest absolute Gasteiger partial charge is 0.0569 e. The summed E-state index contributed by atoms with van der Waals surface area (Å²) in [5.74, 6) is 0. The van der Waals surface area contributed by atoms with Crippen molar-refractivity contribution in [1.29, 1.82) is 0 Å². The molecule has 0 bridgehead atoms. The van der Waals surface area contributed by atoms with Crippen LogP contribution in [0, 0.1) is 6.42 Å². The van der Waals surface area contributed by atoms with E-state index < -0.39 is 0 Å². The maximum Gasteiger partial charge on any atom is 0.0569 e. The van der Waals surface area contributed by atoms with E-state index in [9.17, 15) is 0 Å². The summed E-state index contributed by atoms with van der Waals surface area (Å²) in [6, 6.07) is 0. The highest BCUT2D eigenvalue weighted by Gasteiger charge is 1.96. The van der Waals surface area contributed by atoms with Gasteiger partial charge in [0.05, 0.1) is 6.10 Å². The van der Waals surface area contributed by atoms with Crippen molar-refractivity contribution in [2.75, 3.05) is 0 Å². The fourth-order valence-corrected chi connectivity index (χ4v) is 0.526. The Morgan fingerprint density at radius 3 is 2.50 bits per heavy atom. The molecule has 8 heavy (non-hydrogen) atoms. The fourth-order valence-electron chi connectivity index (χ4n) is 0.526. The second kappa shape index (κ2) is 5.10. The molecule has 1 atom stereocenters. The van der Waals surface area contributed by atoms with Crippen LogP contribution in [0.15, 0.2) is 0 Å². The highest BCUT2D eigenvalue weighted by atomic mass is 16.3. The number of aliphatic hydroxyl groups is 1. The van der Waals surface area contributed by atoms with Gasteiger partial charge in [0, 0.05) is 0 Å². The van der Waals surface area contributed by atoms with Gasteiger partial charge in [0.25, 0.3) is 0 Å². The third-order valence-electron chi connectivity index (χ3n) is 1.15. The molecule has 0 rings (SSSR count). The second-order valence-corrected chi connectivity index (χ2v) is 2.00. The summed E-state index contributed by atoms with van der Waals surface area (Å²) in [6.45, 7) is 4.09. The van der Waals surface area contributed by atoms with Crippen LogP contribution in [-0.4, -0.2) is 11.2 Å². The molecule has 0 aromatic heterocycles. The minimum absolute atomic E-state index is 0.171. The molecule has 0 aliphatic rings. The average molecular weight is 115 g/mol. The van der Waals surface area contributed by atoms with Gasteiger partial charge in [-0.2, -0.15) is 0 Å². The lowest BCUT2D eigenvalue weighted by Gasteiger charge is -2.03. The van der Waals surface area contributed by atoms with Crippen LogP contribution in [-0.2, 0) is 0 Å². The third kappa shape index (κ3) is 4.13. The molecule has 1 nitrogen and oxygen atoms in total. The van der Waals surface area contributed by atoms with Crippen molar-refractivity contribution in [1.82, 2.24) is 0 Å². The van der Waals surface area contributed by atoms with Crippen molar-refractivity contribution in [3.8, 4) is 0 Å². The Bertz CT molecular complexity index is 43.7. The Balaban J connectivity index is 2.86. The first-order valence-electron chi connectivity index (χ1n) is 3.32. The number of aliphatic hydroxyl groups excluding tert-OH is 1. The van der Waals surface area contributed by atoms with Crippen LogP contribution in [0.25, 0.3) is 0 Å². The molecule has 0 aromatic rings. The Kier molecular flexibility index (Phi) is 5.08. The molecule has 0 spiro atoms. The van der Waals surface area contributed by atoms with Gasteiger partial charge in [0.15, 0.2) is 0 Å². The van der Waals surface area contributed by atoms with E-state index in [1.54, 1.807) is 0 Å². The van der Waals surface area contributed by atoms with Crippen molar-refractivity contribution in [3.63, 3.8) is 0 Å². The van der Waals surface area contributed by atoms with E-state index in [0.29, 0.717) is 0 Å². The van der Waals surface area contributed by atoms with Crippen molar-refractivity contribution >= 4 is 0 Å². The van der Waals surface area contributed by atoms with Gasteiger partial charge in [0.1, 0.15) is 0 Å². The van der Waals surface area contributed by atoms with E-state index in [4.69, 9.17) is 5.11 Å². The van der Waals surface area contributed by atoms with Crippen LogP contribution in [0.3, 0.4) is 0 Å². The lowest BCUT2D eigenvalue weighted by atomic mass is 10.1. The molecule has 1 unspecified atom stereocenters. The maximum atomic E-state index is 8.93. The summed E-state index contributed by atoms with van der Waals surface area (Å²) >= 11 is 0. The highest BCUT2D eigenvalue weighted by molar-refractivity contribution is 4.72. The molecule has 49 valence electrons. The molecule has 0 heterocycles. The monoisotopic (exact) mass is 115 g/mol. The van der Waals surface area contributed by atoms with E-state index in [0.717, 1.165) is 19.3 Å². The second-order valence-electron chi connectivity index (χ2n) is 2.00. The highest BCUT2D eigenvalue weighted by Crippen LogP contribution is 2.00. The number of hydrogen-bond acceptors (Lipinski definition) is 1. The van der Waals surface area contributed by atoms with E-state index in [1.165, 1.54) is 0 Å². The summed E-state index contributed by atoms with van der Waals surface area (Å²) < 4.78 is 0. The van der Waals surface area contributed by atoms with Gasteiger partial charge < -0.3 is 5.11 Å². The van der Waals surface area contributed by atoms with Crippen LogP contribution in [0.4, 0.5) is 0 Å². The first-order valence-corrected chi connectivity index (χ1v) is 3.32. The molecule has 1 heteroatoms. The van der Waals surface area contributed by atoms with Crippen molar-refractivity contribution in [3.05, 3.63) is 6.42 Å². The molecule has 1 radical (unpaired) electrons. The summed E-state index contributed by atoms with van der Waals surface area (Å²) in [5.41, 5.74) is 0.